The molecule has 1 saturated heterocycles. The van der Waals surface area contributed by atoms with Gasteiger partial charge in [-0.2, -0.15) is 4.31 Å². The van der Waals surface area contributed by atoms with E-state index >= 15 is 0 Å². The number of sulfonamides is 1. The van der Waals surface area contributed by atoms with E-state index in [0.29, 0.717) is 36.9 Å². The zero-order valence-corrected chi connectivity index (χ0v) is 14.7. The molecule has 0 aliphatic carbocycles. The molecule has 1 aromatic carbocycles. The summed E-state index contributed by atoms with van der Waals surface area (Å²) in [6, 6.07) is 7.04. The fraction of sp³-hybridized carbons (Fsp3) is 0.562. The van der Waals surface area contributed by atoms with Gasteiger partial charge in [0.05, 0.1) is 12.0 Å². The molecule has 1 fully saturated rings. The molecule has 0 atom stereocenters. The lowest BCUT2D eigenvalue weighted by Gasteiger charge is -2.21. The van der Waals surface area contributed by atoms with Crippen LogP contribution in [0.15, 0.2) is 29.2 Å². The highest BCUT2D eigenvalue weighted by Crippen LogP contribution is 2.21. The van der Waals surface area contributed by atoms with E-state index in [0.717, 1.165) is 5.56 Å². The summed E-state index contributed by atoms with van der Waals surface area (Å²) in [4.78, 5) is 13.4. The molecule has 0 unspecified atom stereocenters. The fourth-order valence-corrected chi connectivity index (χ4v) is 4.09. The number of carbonyl (C=O) groups is 1. The Hall–Kier alpha value is -1.60. The molecular formula is C16H24N2O4S. The number of hydrogen-bond acceptors (Lipinski definition) is 4. The minimum atomic E-state index is -3.53. The Morgan fingerprint density at radius 3 is 2.30 bits per heavy atom. The van der Waals surface area contributed by atoms with Gasteiger partial charge in [-0.15, -0.1) is 0 Å². The monoisotopic (exact) mass is 340 g/mol. The molecule has 0 saturated carbocycles. The van der Waals surface area contributed by atoms with Gasteiger partial charge in [-0.1, -0.05) is 26.0 Å². The van der Waals surface area contributed by atoms with Gasteiger partial charge in [0.25, 0.3) is 0 Å². The van der Waals surface area contributed by atoms with Crippen molar-refractivity contribution >= 4 is 16.1 Å². The second-order valence-corrected chi connectivity index (χ2v) is 7.88. The quantitative estimate of drug-likeness (QED) is 0.846. The van der Waals surface area contributed by atoms with Crippen LogP contribution in [0.1, 0.15) is 31.7 Å². The van der Waals surface area contributed by atoms with Crippen molar-refractivity contribution in [3.63, 3.8) is 0 Å². The summed E-state index contributed by atoms with van der Waals surface area (Å²) in [6.07, 6.45) is 0.184. The minimum Gasteiger partial charge on any atom is -0.453 e. The van der Waals surface area contributed by atoms with Crippen molar-refractivity contribution in [1.82, 2.24) is 9.21 Å². The number of carbonyl (C=O) groups excluding carboxylic acids is 1. The third-order valence-electron chi connectivity index (χ3n) is 4.07. The predicted molar refractivity (Wildman–Crippen MR) is 87.9 cm³/mol. The van der Waals surface area contributed by atoms with E-state index in [4.69, 9.17) is 4.74 Å². The van der Waals surface area contributed by atoms with Crippen LogP contribution in [0.4, 0.5) is 4.79 Å². The lowest BCUT2D eigenvalue weighted by Crippen LogP contribution is -2.37. The van der Waals surface area contributed by atoms with Crippen LogP contribution in [0.3, 0.4) is 0 Å². The second kappa shape index (κ2) is 7.31. The molecule has 23 heavy (non-hydrogen) atoms. The van der Waals surface area contributed by atoms with Crippen LogP contribution in [-0.4, -0.2) is 57.0 Å². The molecule has 1 aliphatic rings. The van der Waals surface area contributed by atoms with Crippen molar-refractivity contribution in [2.75, 3.05) is 33.3 Å². The van der Waals surface area contributed by atoms with E-state index in [-0.39, 0.29) is 6.54 Å². The molecule has 7 heteroatoms. The van der Waals surface area contributed by atoms with Gasteiger partial charge >= 0.3 is 6.09 Å². The van der Waals surface area contributed by atoms with Crippen LogP contribution in [-0.2, 0) is 14.8 Å². The van der Waals surface area contributed by atoms with E-state index in [1.54, 1.807) is 12.1 Å². The van der Waals surface area contributed by atoms with E-state index in [9.17, 15) is 13.2 Å². The zero-order valence-electron chi connectivity index (χ0n) is 13.9. The van der Waals surface area contributed by atoms with Gasteiger partial charge in [0.15, 0.2) is 0 Å². The Kier molecular flexibility index (Phi) is 5.64. The number of amides is 1. The Bertz CT molecular complexity index is 641. The van der Waals surface area contributed by atoms with Gasteiger partial charge in [0.1, 0.15) is 0 Å². The molecule has 1 aromatic rings. The van der Waals surface area contributed by atoms with E-state index in [1.165, 1.54) is 16.3 Å². The Balaban J connectivity index is 2.14. The molecule has 2 rings (SSSR count). The molecule has 0 radical (unpaired) electrons. The zero-order chi connectivity index (χ0) is 17.0. The van der Waals surface area contributed by atoms with Gasteiger partial charge < -0.3 is 9.64 Å². The normalized spacial score (nSPS) is 17.1. The summed E-state index contributed by atoms with van der Waals surface area (Å²) in [5, 5.41) is 0. The second-order valence-electron chi connectivity index (χ2n) is 5.94. The van der Waals surface area contributed by atoms with Crippen LogP contribution in [0.2, 0.25) is 0 Å². The number of hydrogen-bond donors (Lipinski definition) is 0. The van der Waals surface area contributed by atoms with Crippen molar-refractivity contribution in [2.45, 2.75) is 31.1 Å². The van der Waals surface area contributed by atoms with Gasteiger partial charge in [-0.25, -0.2) is 13.2 Å². The van der Waals surface area contributed by atoms with Gasteiger partial charge in [-0.3, -0.25) is 0 Å². The Labute approximate surface area is 138 Å². The van der Waals surface area contributed by atoms with E-state index in [1.807, 2.05) is 12.1 Å². The summed E-state index contributed by atoms with van der Waals surface area (Å²) in [6.45, 7) is 5.67. The molecule has 0 bridgehead atoms. The first-order valence-corrected chi connectivity index (χ1v) is 9.23. The molecular weight excluding hydrogens is 316 g/mol. The highest BCUT2D eigenvalue weighted by molar-refractivity contribution is 7.89. The topological polar surface area (TPSA) is 66.9 Å². The summed E-state index contributed by atoms with van der Waals surface area (Å²) < 4.78 is 31.7. The summed E-state index contributed by atoms with van der Waals surface area (Å²) in [7, 11) is -2.20. The number of benzene rings is 1. The van der Waals surface area contributed by atoms with Gasteiger partial charge in [0.2, 0.25) is 10.0 Å². The van der Waals surface area contributed by atoms with Crippen molar-refractivity contribution in [1.29, 1.82) is 0 Å². The smallest absolute Gasteiger partial charge is 0.409 e. The van der Waals surface area contributed by atoms with Crippen molar-refractivity contribution in [3.05, 3.63) is 29.8 Å². The van der Waals surface area contributed by atoms with E-state index in [2.05, 4.69) is 13.8 Å². The van der Waals surface area contributed by atoms with Crippen molar-refractivity contribution in [2.24, 2.45) is 0 Å². The average molecular weight is 340 g/mol. The molecule has 128 valence electrons. The van der Waals surface area contributed by atoms with E-state index < -0.39 is 16.1 Å². The number of methoxy groups -OCH3 is 1. The van der Waals surface area contributed by atoms with Crippen LogP contribution in [0.5, 0.6) is 0 Å². The van der Waals surface area contributed by atoms with Crippen LogP contribution < -0.4 is 0 Å². The third kappa shape index (κ3) is 4.03. The predicted octanol–water partition coefficient (Wildman–Crippen LogP) is 2.27. The number of ether oxygens (including phenoxy) is 1. The van der Waals surface area contributed by atoms with Crippen LogP contribution >= 0.6 is 0 Å². The summed E-state index contributed by atoms with van der Waals surface area (Å²) in [5.74, 6) is 0.360. The first-order chi connectivity index (χ1) is 10.9. The number of rotatable bonds is 3. The maximum Gasteiger partial charge on any atom is 0.409 e. The summed E-state index contributed by atoms with van der Waals surface area (Å²) >= 11 is 0. The standard InChI is InChI=1S/C16H24N2O4S/c1-13(2)14-5-7-15(8-6-14)23(20,21)18-10-4-9-17(11-12-18)16(19)22-3/h5-8,13H,4,9-12H2,1-3H3. The van der Waals surface area contributed by atoms with Crippen molar-refractivity contribution in [3.8, 4) is 0 Å². The molecule has 1 aliphatic heterocycles. The highest BCUT2D eigenvalue weighted by Gasteiger charge is 2.28. The van der Waals surface area contributed by atoms with Crippen molar-refractivity contribution < 1.29 is 17.9 Å². The van der Waals surface area contributed by atoms with Gasteiger partial charge in [-0.05, 0) is 30.0 Å². The molecule has 6 nitrogen and oxygen atoms in total. The Morgan fingerprint density at radius 2 is 1.74 bits per heavy atom. The maximum atomic E-state index is 12.8. The molecule has 0 N–H and O–H groups in total. The third-order valence-corrected chi connectivity index (χ3v) is 5.99. The highest BCUT2D eigenvalue weighted by atomic mass is 32.2. The summed E-state index contributed by atoms with van der Waals surface area (Å²) in [5.41, 5.74) is 1.11. The molecule has 1 heterocycles. The number of nitrogens with zero attached hydrogens (tertiary/aromatic N) is 2. The average Bonchev–Trinajstić information content (AvgIpc) is 2.80. The van der Waals surface area contributed by atoms with Crippen LogP contribution in [0, 0.1) is 0 Å². The van der Waals surface area contributed by atoms with Crippen LogP contribution in [0.25, 0.3) is 0 Å². The fourth-order valence-electron chi connectivity index (χ4n) is 2.62. The minimum absolute atomic E-state index is 0.281. The van der Waals surface area contributed by atoms with Gasteiger partial charge in [0, 0.05) is 26.2 Å². The SMILES string of the molecule is COC(=O)N1CCCN(S(=O)(=O)c2ccc(C(C)C)cc2)CC1. The first-order valence-electron chi connectivity index (χ1n) is 7.79. The lowest BCUT2D eigenvalue weighted by atomic mass is 10.0. The largest absolute Gasteiger partial charge is 0.453 e. The lowest BCUT2D eigenvalue weighted by molar-refractivity contribution is 0.126. The first kappa shape index (κ1) is 17.7. The molecule has 0 spiro atoms. The maximum absolute atomic E-state index is 12.8. The molecule has 1 amide bonds. The Morgan fingerprint density at radius 1 is 1.09 bits per heavy atom. The molecule has 0 aromatic heterocycles.